The Morgan fingerprint density at radius 2 is 1.88 bits per heavy atom. The van der Waals surface area contributed by atoms with Crippen LogP contribution in [0.15, 0.2) is 23.4 Å². The van der Waals surface area contributed by atoms with Gasteiger partial charge in [-0.3, -0.25) is 0 Å². The molecule has 128 valence electrons. The van der Waals surface area contributed by atoms with Gasteiger partial charge in [0.05, 0.1) is 26.4 Å². The molecule has 0 spiro atoms. The maximum atomic E-state index is 12.4. The molecule has 24 heavy (non-hydrogen) atoms. The molecular weight excluding hydrogens is 310 g/mol. The average molecular weight is 331 g/mol. The van der Waals surface area contributed by atoms with Crippen molar-refractivity contribution in [1.29, 1.82) is 0 Å². The van der Waals surface area contributed by atoms with Gasteiger partial charge in [0.15, 0.2) is 0 Å². The molecular formula is C18H21NO5. The molecule has 0 radical (unpaired) electrons. The monoisotopic (exact) mass is 331 g/mol. The summed E-state index contributed by atoms with van der Waals surface area (Å²) in [5, 5.41) is 0. The molecule has 6 nitrogen and oxygen atoms in total. The third kappa shape index (κ3) is 2.78. The van der Waals surface area contributed by atoms with Gasteiger partial charge in [-0.2, -0.15) is 0 Å². The lowest BCUT2D eigenvalue weighted by atomic mass is 10.0. The number of anilines is 1. The number of carbonyl (C=O) groups excluding carboxylic acids is 2. The molecule has 0 saturated carbocycles. The maximum absolute atomic E-state index is 12.4. The van der Waals surface area contributed by atoms with Crippen LogP contribution in [-0.4, -0.2) is 39.5 Å². The lowest BCUT2D eigenvalue weighted by molar-refractivity contribution is -0.140. The van der Waals surface area contributed by atoms with Gasteiger partial charge in [0.1, 0.15) is 12.4 Å². The van der Waals surface area contributed by atoms with E-state index in [1.165, 1.54) is 25.3 Å². The van der Waals surface area contributed by atoms with Crippen LogP contribution in [0.25, 0.3) is 0 Å². The second-order valence-corrected chi connectivity index (χ2v) is 5.99. The van der Waals surface area contributed by atoms with Gasteiger partial charge in [0, 0.05) is 5.69 Å². The van der Waals surface area contributed by atoms with E-state index in [1.54, 1.807) is 4.90 Å². The molecule has 1 aromatic rings. The van der Waals surface area contributed by atoms with E-state index in [-0.39, 0.29) is 24.6 Å². The number of nitrogens with zero attached hydrogens (tertiary/aromatic N) is 1. The van der Waals surface area contributed by atoms with Crippen molar-refractivity contribution in [1.82, 2.24) is 0 Å². The molecule has 2 aliphatic rings. The zero-order valence-electron chi connectivity index (χ0n) is 14.2. The van der Waals surface area contributed by atoms with Crippen molar-refractivity contribution in [2.75, 3.05) is 32.5 Å². The van der Waals surface area contributed by atoms with E-state index >= 15 is 0 Å². The van der Waals surface area contributed by atoms with Gasteiger partial charge in [0.2, 0.25) is 0 Å². The van der Waals surface area contributed by atoms with E-state index in [0.29, 0.717) is 0 Å². The number of fused-ring (bicyclic) bond motifs is 1. The normalized spacial score (nSPS) is 16.9. The standard InChI is InChI=1S/C18H21NO5/c1-11-7-12-5-4-6-13(12)15(8-11)19-10-24-9-14(17(20)22-2)16(19)18(21)23-3/h7-8H,4-6,9-10H2,1-3H3. The van der Waals surface area contributed by atoms with Gasteiger partial charge in [0.25, 0.3) is 0 Å². The van der Waals surface area contributed by atoms with Crippen LogP contribution in [0.2, 0.25) is 0 Å². The summed E-state index contributed by atoms with van der Waals surface area (Å²) in [5.74, 6) is -1.14. The van der Waals surface area contributed by atoms with E-state index in [9.17, 15) is 9.59 Å². The minimum absolute atomic E-state index is 0.0294. The third-order valence-electron chi connectivity index (χ3n) is 4.46. The Labute approximate surface area is 141 Å². The van der Waals surface area contributed by atoms with Crippen molar-refractivity contribution in [3.8, 4) is 0 Å². The number of rotatable bonds is 3. The van der Waals surface area contributed by atoms with Crippen molar-refractivity contribution in [2.45, 2.75) is 26.2 Å². The third-order valence-corrected chi connectivity index (χ3v) is 4.46. The van der Waals surface area contributed by atoms with Crippen molar-refractivity contribution >= 4 is 17.6 Å². The predicted molar refractivity (Wildman–Crippen MR) is 87.6 cm³/mol. The molecule has 1 aliphatic carbocycles. The number of carbonyl (C=O) groups is 2. The van der Waals surface area contributed by atoms with E-state index in [0.717, 1.165) is 30.5 Å². The lowest BCUT2D eigenvalue weighted by Gasteiger charge is -2.33. The van der Waals surface area contributed by atoms with Gasteiger partial charge >= 0.3 is 11.9 Å². The van der Waals surface area contributed by atoms with Crippen LogP contribution in [-0.2, 0) is 36.6 Å². The van der Waals surface area contributed by atoms with Crippen LogP contribution >= 0.6 is 0 Å². The van der Waals surface area contributed by atoms with Crippen LogP contribution in [0, 0.1) is 6.92 Å². The van der Waals surface area contributed by atoms with Crippen molar-refractivity contribution in [3.63, 3.8) is 0 Å². The SMILES string of the molecule is COC(=O)C1=C(C(=O)OC)N(c2cc(C)cc3c2CCC3)COC1. The van der Waals surface area contributed by atoms with Crippen LogP contribution in [0.1, 0.15) is 23.1 Å². The highest BCUT2D eigenvalue weighted by Gasteiger charge is 2.34. The minimum atomic E-state index is -0.579. The lowest BCUT2D eigenvalue weighted by Crippen LogP contribution is -2.39. The Hall–Kier alpha value is -2.34. The van der Waals surface area contributed by atoms with E-state index in [4.69, 9.17) is 14.2 Å². The largest absolute Gasteiger partial charge is 0.466 e. The molecule has 1 heterocycles. The summed E-state index contributed by atoms with van der Waals surface area (Å²) in [7, 11) is 2.59. The first kappa shape index (κ1) is 16.5. The smallest absolute Gasteiger partial charge is 0.355 e. The number of aryl methyl sites for hydroxylation is 2. The summed E-state index contributed by atoms with van der Waals surface area (Å²) in [6.45, 7) is 2.25. The maximum Gasteiger partial charge on any atom is 0.355 e. The molecule has 0 N–H and O–H groups in total. The first-order valence-corrected chi connectivity index (χ1v) is 7.94. The molecule has 0 bridgehead atoms. The summed E-state index contributed by atoms with van der Waals surface area (Å²) >= 11 is 0. The van der Waals surface area contributed by atoms with Crippen LogP contribution < -0.4 is 4.90 Å². The minimum Gasteiger partial charge on any atom is -0.466 e. The van der Waals surface area contributed by atoms with Crippen molar-refractivity contribution in [2.24, 2.45) is 0 Å². The highest BCUT2D eigenvalue weighted by molar-refractivity contribution is 6.03. The Morgan fingerprint density at radius 3 is 2.58 bits per heavy atom. The van der Waals surface area contributed by atoms with Crippen molar-refractivity contribution < 1.29 is 23.8 Å². The van der Waals surface area contributed by atoms with Crippen LogP contribution in [0.5, 0.6) is 0 Å². The Bertz CT molecular complexity index is 722. The molecule has 0 aromatic heterocycles. The van der Waals surface area contributed by atoms with E-state index in [2.05, 4.69) is 6.07 Å². The highest BCUT2D eigenvalue weighted by atomic mass is 16.5. The number of hydrogen-bond donors (Lipinski definition) is 0. The number of methoxy groups -OCH3 is 2. The first-order valence-electron chi connectivity index (χ1n) is 7.94. The van der Waals surface area contributed by atoms with Gasteiger partial charge in [-0.05, 0) is 48.9 Å². The summed E-state index contributed by atoms with van der Waals surface area (Å²) in [5.41, 5.74) is 4.90. The summed E-state index contributed by atoms with van der Waals surface area (Å²) in [4.78, 5) is 26.2. The van der Waals surface area contributed by atoms with Gasteiger partial charge < -0.3 is 19.1 Å². The zero-order chi connectivity index (χ0) is 17.3. The Balaban J connectivity index is 2.16. The van der Waals surface area contributed by atoms with Gasteiger partial charge in [-0.1, -0.05) is 6.07 Å². The topological polar surface area (TPSA) is 65.1 Å². The fourth-order valence-electron chi connectivity index (χ4n) is 3.41. The molecule has 0 fully saturated rings. The first-order chi connectivity index (χ1) is 11.6. The second-order valence-electron chi connectivity index (χ2n) is 5.99. The second kappa shape index (κ2) is 6.65. The number of esters is 2. The molecule has 1 aliphatic heterocycles. The predicted octanol–water partition coefficient (Wildman–Crippen LogP) is 1.88. The van der Waals surface area contributed by atoms with E-state index in [1.807, 2.05) is 13.0 Å². The summed E-state index contributed by atoms with van der Waals surface area (Å²) in [6, 6.07) is 4.20. The molecule has 1 aromatic carbocycles. The Morgan fingerprint density at radius 1 is 1.12 bits per heavy atom. The molecule has 6 heteroatoms. The van der Waals surface area contributed by atoms with E-state index < -0.39 is 11.9 Å². The summed E-state index contributed by atoms with van der Waals surface area (Å²) < 4.78 is 15.3. The number of hydrogen-bond acceptors (Lipinski definition) is 6. The fraction of sp³-hybridized carbons (Fsp3) is 0.444. The highest BCUT2D eigenvalue weighted by Crippen LogP contribution is 2.36. The number of benzene rings is 1. The molecule has 0 saturated heterocycles. The van der Waals surface area contributed by atoms with Gasteiger partial charge in [-0.25, -0.2) is 9.59 Å². The zero-order valence-corrected chi connectivity index (χ0v) is 14.2. The Kier molecular flexibility index (Phi) is 4.57. The van der Waals surface area contributed by atoms with Crippen LogP contribution in [0.4, 0.5) is 5.69 Å². The van der Waals surface area contributed by atoms with Crippen LogP contribution in [0.3, 0.4) is 0 Å². The number of ether oxygens (including phenoxy) is 3. The molecule has 3 rings (SSSR count). The average Bonchev–Trinajstić information content (AvgIpc) is 3.07. The van der Waals surface area contributed by atoms with Crippen molar-refractivity contribution in [3.05, 3.63) is 40.1 Å². The van der Waals surface area contributed by atoms with Gasteiger partial charge in [-0.15, -0.1) is 0 Å². The quantitative estimate of drug-likeness (QED) is 0.788. The summed E-state index contributed by atoms with van der Waals surface area (Å²) in [6.07, 6.45) is 3.06. The fourth-order valence-corrected chi connectivity index (χ4v) is 3.41. The molecule has 0 unspecified atom stereocenters. The molecule has 0 amide bonds. The molecule has 0 atom stereocenters.